The first-order chi connectivity index (χ1) is 8.84. The number of nitrogens with one attached hydrogen (secondary N) is 2. The highest BCUT2D eigenvalue weighted by Crippen LogP contribution is 2.20. The largest absolute Gasteiger partial charge is 0.368 e. The van der Waals surface area contributed by atoms with Gasteiger partial charge in [0.05, 0.1) is 5.69 Å². The summed E-state index contributed by atoms with van der Waals surface area (Å²) in [6, 6.07) is 5.49. The lowest BCUT2D eigenvalue weighted by atomic mass is 10.1. The van der Waals surface area contributed by atoms with Crippen LogP contribution in [0.1, 0.15) is 19.3 Å². The van der Waals surface area contributed by atoms with Crippen molar-refractivity contribution >= 4 is 22.6 Å². The standard InChI is InChI=1S/C12H14N4O2/c17-12(10-6-1-2-7-18-10)13-8-4-3-5-9-11(8)15-16-14-9/h3-5,10H,1-2,6-7H2,(H,13,17)(H,14,15,16). The number of benzene rings is 1. The number of hydrogen-bond donors (Lipinski definition) is 2. The van der Waals surface area contributed by atoms with E-state index in [1.165, 1.54) is 0 Å². The molecule has 0 spiro atoms. The fourth-order valence-electron chi connectivity index (χ4n) is 2.13. The molecule has 6 heteroatoms. The molecule has 2 aromatic rings. The van der Waals surface area contributed by atoms with Gasteiger partial charge in [-0.3, -0.25) is 4.79 Å². The summed E-state index contributed by atoms with van der Waals surface area (Å²) < 4.78 is 5.45. The Morgan fingerprint density at radius 2 is 2.33 bits per heavy atom. The summed E-state index contributed by atoms with van der Waals surface area (Å²) in [4.78, 5) is 12.0. The van der Waals surface area contributed by atoms with E-state index in [1.54, 1.807) is 0 Å². The Kier molecular flexibility index (Phi) is 2.93. The zero-order chi connectivity index (χ0) is 12.4. The molecular formula is C12H14N4O2. The van der Waals surface area contributed by atoms with Crippen LogP contribution in [0.2, 0.25) is 0 Å². The predicted molar refractivity (Wildman–Crippen MR) is 66.1 cm³/mol. The van der Waals surface area contributed by atoms with Crippen LogP contribution in [0.25, 0.3) is 11.0 Å². The monoisotopic (exact) mass is 246 g/mol. The van der Waals surface area contributed by atoms with Gasteiger partial charge in [0.15, 0.2) is 0 Å². The quantitative estimate of drug-likeness (QED) is 0.840. The van der Waals surface area contributed by atoms with Gasteiger partial charge in [-0.2, -0.15) is 15.4 Å². The Labute approximate surface area is 104 Å². The summed E-state index contributed by atoms with van der Waals surface area (Å²) >= 11 is 0. The second-order valence-corrected chi connectivity index (χ2v) is 4.34. The maximum absolute atomic E-state index is 12.0. The van der Waals surface area contributed by atoms with Crippen LogP contribution in [0, 0.1) is 0 Å². The van der Waals surface area contributed by atoms with Gasteiger partial charge < -0.3 is 10.1 Å². The fraction of sp³-hybridized carbons (Fsp3) is 0.417. The lowest BCUT2D eigenvalue weighted by Crippen LogP contribution is -2.33. The molecule has 1 aliphatic heterocycles. The van der Waals surface area contributed by atoms with Crippen molar-refractivity contribution in [3.8, 4) is 0 Å². The van der Waals surface area contributed by atoms with Gasteiger partial charge in [0.25, 0.3) is 5.91 Å². The summed E-state index contributed by atoms with van der Waals surface area (Å²) in [5.74, 6) is -0.106. The van der Waals surface area contributed by atoms with E-state index in [0.29, 0.717) is 17.8 Å². The van der Waals surface area contributed by atoms with E-state index in [9.17, 15) is 4.79 Å². The van der Waals surface area contributed by atoms with Gasteiger partial charge in [-0.05, 0) is 31.4 Å². The molecular weight excluding hydrogens is 232 g/mol. The van der Waals surface area contributed by atoms with Crippen molar-refractivity contribution in [1.29, 1.82) is 0 Å². The molecule has 1 amide bonds. The number of H-pyrrole nitrogens is 1. The number of carbonyl (C=O) groups is 1. The molecule has 1 aromatic carbocycles. The maximum Gasteiger partial charge on any atom is 0.253 e. The molecule has 0 radical (unpaired) electrons. The van der Waals surface area contributed by atoms with Crippen LogP contribution in [0.15, 0.2) is 18.2 Å². The van der Waals surface area contributed by atoms with E-state index in [4.69, 9.17) is 4.74 Å². The molecule has 6 nitrogen and oxygen atoms in total. The van der Waals surface area contributed by atoms with Crippen LogP contribution < -0.4 is 5.32 Å². The van der Waals surface area contributed by atoms with Gasteiger partial charge in [0.1, 0.15) is 17.1 Å². The van der Waals surface area contributed by atoms with Crippen molar-refractivity contribution < 1.29 is 9.53 Å². The minimum atomic E-state index is -0.346. The van der Waals surface area contributed by atoms with E-state index in [1.807, 2.05) is 18.2 Å². The zero-order valence-corrected chi connectivity index (χ0v) is 9.85. The first-order valence-corrected chi connectivity index (χ1v) is 6.06. The van der Waals surface area contributed by atoms with Crippen molar-refractivity contribution in [1.82, 2.24) is 15.4 Å². The summed E-state index contributed by atoms with van der Waals surface area (Å²) in [7, 11) is 0. The lowest BCUT2D eigenvalue weighted by molar-refractivity contribution is -0.129. The van der Waals surface area contributed by atoms with Crippen molar-refractivity contribution in [2.45, 2.75) is 25.4 Å². The van der Waals surface area contributed by atoms with E-state index < -0.39 is 0 Å². The average Bonchev–Trinajstić information content (AvgIpc) is 2.89. The predicted octanol–water partition coefficient (Wildman–Crippen LogP) is 1.47. The number of carbonyl (C=O) groups excluding carboxylic acids is 1. The molecule has 3 rings (SSSR count). The Morgan fingerprint density at radius 1 is 1.39 bits per heavy atom. The van der Waals surface area contributed by atoms with Crippen LogP contribution in [-0.2, 0) is 9.53 Å². The van der Waals surface area contributed by atoms with E-state index >= 15 is 0 Å². The SMILES string of the molecule is O=C(Nc1cccc2n[nH]nc12)C1CCCCO1. The molecule has 2 N–H and O–H groups in total. The van der Waals surface area contributed by atoms with Gasteiger partial charge in [0.2, 0.25) is 0 Å². The number of rotatable bonds is 2. The number of fused-ring (bicyclic) bond motifs is 1. The maximum atomic E-state index is 12.0. The fourth-order valence-corrected chi connectivity index (χ4v) is 2.13. The Hall–Kier alpha value is -1.95. The smallest absolute Gasteiger partial charge is 0.253 e. The number of amides is 1. The first kappa shape index (κ1) is 11.2. The topological polar surface area (TPSA) is 79.9 Å². The molecule has 1 unspecified atom stereocenters. The number of aromatic amines is 1. The molecule has 0 bridgehead atoms. The van der Waals surface area contributed by atoms with E-state index in [2.05, 4.69) is 20.7 Å². The number of anilines is 1. The first-order valence-electron chi connectivity index (χ1n) is 6.06. The Bertz CT molecular complexity index is 560. The molecule has 1 atom stereocenters. The number of hydrogen-bond acceptors (Lipinski definition) is 4. The molecule has 2 heterocycles. The van der Waals surface area contributed by atoms with Crippen molar-refractivity contribution in [3.63, 3.8) is 0 Å². The summed E-state index contributed by atoms with van der Waals surface area (Å²) in [6.07, 6.45) is 2.50. The van der Waals surface area contributed by atoms with Crippen molar-refractivity contribution in [2.24, 2.45) is 0 Å². The molecule has 1 fully saturated rings. The van der Waals surface area contributed by atoms with Gasteiger partial charge in [-0.1, -0.05) is 6.07 Å². The van der Waals surface area contributed by atoms with E-state index in [0.717, 1.165) is 24.8 Å². The van der Waals surface area contributed by atoms with Gasteiger partial charge >= 0.3 is 0 Å². The lowest BCUT2D eigenvalue weighted by Gasteiger charge is -2.21. The molecule has 1 saturated heterocycles. The molecule has 1 aliphatic rings. The van der Waals surface area contributed by atoms with Crippen LogP contribution >= 0.6 is 0 Å². The summed E-state index contributed by atoms with van der Waals surface area (Å²) in [5.41, 5.74) is 2.07. The number of aromatic nitrogens is 3. The third-order valence-electron chi connectivity index (χ3n) is 3.08. The van der Waals surface area contributed by atoms with Crippen LogP contribution in [0.5, 0.6) is 0 Å². The molecule has 0 saturated carbocycles. The van der Waals surface area contributed by atoms with Crippen LogP contribution in [0.3, 0.4) is 0 Å². The third kappa shape index (κ3) is 2.06. The second kappa shape index (κ2) is 4.73. The van der Waals surface area contributed by atoms with E-state index in [-0.39, 0.29) is 12.0 Å². The average molecular weight is 246 g/mol. The number of nitrogens with zero attached hydrogens (tertiary/aromatic N) is 2. The minimum Gasteiger partial charge on any atom is -0.368 e. The third-order valence-corrected chi connectivity index (χ3v) is 3.08. The highest BCUT2D eigenvalue weighted by Gasteiger charge is 2.22. The van der Waals surface area contributed by atoms with Crippen molar-refractivity contribution in [2.75, 3.05) is 11.9 Å². The normalized spacial score (nSPS) is 19.9. The highest BCUT2D eigenvalue weighted by molar-refractivity contribution is 6.00. The van der Waals surface area contributed by atoms with Crippen LogP contribution in [-0.4, -0.2) is 34.0 Å². The Morgan fingerprint density at radius 3 is 3.17 bits per heavy atom. The molecule has 18 heavy (non-hydrogen) atoms. The highest BCUT2D eigenvalue weighted by atomic mass is 16.5. The zero-order valence-electron chi connectivity index (χ0n) is 9.85. The van der Waals surface area contributed by atoms with Gasteiger partial charge in [0, 0.05) is 6.61 Å². The van der Waals surface area contributed by atoms with Crippen LogP contribution in [0.4, 0.5) is 5.69 Å². The van der Waals surface area contributed by atoms with Gasteiger partial charge in [-0.15, -0.1) is 0 Å². The van der Waals surface area contributed by atoms with Crippen molar-refractivity contribution in [3.05, 3.63) is 18.2 Å². The molecule has 1 aromatic heterocycles. The number of ether oxygens (including phenoxy) is 1. The molecule has 94 valence electrons. The minimum absolute atomic E-state index is 0.106. The van der Waals surface area contributed by atoms with Gasteiger partial charge in [-0.25, -0.2) is 0 Å². The Balaban J connectivity index is 1.79. The number of para-hydroxylation sites is 1. The molecule has 0 aliphatic carbocycles. The second-order valence-electron chi connectivity index (χ2n) is 4.34. The summed E-state index contributed by atoms with van der Waals surface area (Å²) in [5, 5.41) is 13.4. The summed E-state index contributed by atoms with van der Waals surface area (Å²) in [6.45, 7) is 0.659.